The number of rotatable bonds is 6. The van der Waals surface area contributed by atoms with Crippen LogP contribution in [0.5, 0.6) is 5.75 Å². The normalized spacial score (nSPS) is 17.0. The van der Waals surface area contributed by atoms with E-state index in [4.69, 9.17) is 21.1 Å². The third-order valence-corrected chi connectivity index (χ3v) is 3.52. The Bertz CT molecular complexity index is 550. The maximum atomic E-state index is 12.2. The summed E-state index contributed by atoms with van der Waals surface area (Å²) in [5, 5.41) is 6.02. The van der Waals surface area contributed by atoms with Gasteiger partial charge in [-0.25, -0.2) is 0 Å². The van der Waals surface area contributed by atoms with Gasteiger partial charge in [0.25, 0.3) is 0 Å². The number of anilines is 1. The molecule has 0 aliphatic carbocycles. The highest BCUT2D eigenvalue weighted by molar-refractivity contribution is 6.31. The number of carbonyl (C=O) groups excluding carboxylic acids is 2. The number of halogens is 1. The van der Waals surface area contributed by atoms with Crippen LogP contribution >= 0.6 is 11.6 Å². The van der Waals surface area contributed by atoms with E-state index < -0.39 is 5.92 Å². The first-order valence-corrected chi connectivity index (χ1v) is 7.47. The van der Waals surface area contributed by atoms with Gasteiger partial charge in [0.05, 0.1) is 11.6 Å². The molecule has 0 bridgehead atoms. The minimum absolute atomic E-state index is 0.0839. The summed E-state index contributed by atoms with van der Waals surface area (Å²) >= 11 is 5.90. The third kappa shape index (κ3) is 4.61. The highest BCUT2D eigenvalue weighted by Gasteiger charge is 2.27. The second-order valence-corrected chi connectivity index (χ2v) is 5.47. The van der Waals surface area contributed by atoms with Crippen LogP contribution in [0.15, 0.2) is 18.2 Å². The number of carbonyl (C=O) groups is 2. The second-order valence-electron chi connectivity index (χ2n) is 5.04. The lowest BCUT2D eigenvalue weighted by atomic mass is 10.1. The maximum absolute atomic E-state index is 12.2. The van der Waals surface area contributed by atoms with Crippen molar-refractivity contribution in [2.45, 2.75) is 12.8 Å². The molecule has 2 amide bonds. The number of nitrogens with one attached hydrogen (secondary N) is 2. The summed E-state index contributed by atoms with van der Waals surface area (Å²) in [7, 11) is 1.61. The quantitative estimate of drug-likeness (QED) is 0.782. The smallest absolute Gasteiger partial charge is 0.231 e. The molecule has 0 saturated carbocycles. The molecule has 120 valence electrons. The molecule has 0 fully saturated rings. The van der Waals surface area contributed by atoms with Crippen LogP contribution < -0.4 is 15.4 Å². The Labute approximate surface area is 134 Å². The average molecular weight is 327 g/mol. The molecule has 6 nitrogen and oxygen atoms in total. The first-order valence-electron chi connectivity index (χ1n) is 7.09. The van der Waals surface area contributed by atoms with E-state index in [-0.39, 0.29) is 24.8 Å². The number of hydrogen-bond acceptors (Lipinski definition) is 4. The molecule has 0 aromatic heterocycles. The molecule has 1 heterocycles. The maximum Gasteiger partial charge on any atom is 0.231 e. The van der Waals surface area contributed by atoms with Crippen molar-refractivity contribution in [3.8, 4) is 5.75 Å². The number of fused-ring (bicyclic) bond motifs is 1. The summed E-state index contributed by atoms with van der Waals surface area (Å²) in [5.74, 6) is -0.397. The molecule has 22 heavy (non-hydrogen) atoms. The predicted octanol–water partition coefficient (Wildman–Crippen LogP) is 1.83. The Morgan fingerprint density at radius 3 is 3.14 bits per heavy atom. The number of methoxy groups -OCH3 is 1. The van der Waals surface area contributed by atoms with Crippen molar-refractivity contribution >= 4 is 29.1 Å². The zero-order chi connectivity index (χ0) is 15.9. The van der Waals surface area contributed by atoms with Crippen LogP contribution in [-0.2, 0) is 14.3 Å². The van der Waals surface area contributed by atoms with E-state index in [0.717, 1.165) is 6.42 Å². The van der Waals surface area contributed by atoms with Gasteiger partial charge in [0.15, 0.2) is 0 Å². The Morgan fingerprint density at radius 2 is 2.36 bits per heavy atom. The topological polar surface area (TPSA) is 76.7 Å². The number of benzene rings is 1. The fourth-order valence-electron chi connectivity index (χ4n) is 2.12. The van der Waals surface area contributed by atoms with Crippen LogP contribution in [0.3, 0.4) is 0 Å². The van der Waals surface area contributed by atoms with Crippen LogP contribution in [-0.4, -0.2) is 38.7 Å². The van der Waals surface area contributed by atoms with Gasteiger partial charge in [0, 0.05) is 31.7 Å². The minimum Gasteiger partial charge on any atom is -0.491 e. The third-order valence-electron chi connectivity index (χ3n) is 3.29. The largest absolute Gasteiger partial charge is 0.491 e. The molecular formula is C15H19ClN2O4. The summed E-state index contributed by atoms with van der Waals surface area (Å²) < 4.78 is 10.5. The van der Waals surface area contributed by atoms with Gasteiger partial charge >= 0.3 is 0 Å². The van der Waals surface area contributed by atoms with E-state index in [1.165, 1.54) is 0 Å². The van der Waals surface area contributed by atoms with E-state index in [1.54, 1.807) is 25.3 Å². The molecule has 1 aromatic rings. The molecule has 0 saturated heterocycles. The number of ether oxygens (including phenoxy) is 2. The van der Waals surface area contributed by atoms with Crippen LogP contribution in [0.4, 0.5) is 5.69 Å². The molecule has 0 spiro atoms. The standard InChI is InChI=1S/C15H19ClN2O4/c1-21-6-2-5-17-14(19)7-10-9-22-13-4-3-11(16)8-12(13)18-15(10)20/h3-4,8,10H,2,5-7,9H2,1H3,(H,17,19)(H,18,20). The molecule has 0 radical (unpaired) electrons. The first-order chi connectivity index (χ1) is 10.6. The zero-order valence-corrected chi connectivity index (χ0v) is 13.1. The molecular weight excluding hydrogens is 308 g/mol. The lowest BCUT2D eigenvalue weighted by Gasteiger charge is -2.12. The van der Waals surface area contributed by atoms with Crippen LogP contribution in [0.2, 0.25) is 5.02 Å². The van der Waals surface area contributed by atoms with E-state index >= 15 is 0 Å². The summed E-state index contributed by atoms with van der Waals surface area (Å²) in [5.41, 5.74) is 0.528. The number of hydrogen-bond donors (Lipinski definition) is 2. The Balaban J connectivity index is 1.89. The average Bonchev–Trinajstić information content (AvgIpc) is 2.63. The lowest BCUT2D eigenvalue weighted by molar-refractivity contribution is -0.128. The summed E-state index contributed by atoms with van der Waals surface area (Å²) in [4.78, 5) is 24.0. The van der Waals surface area contributed by atoms with Crippen molar-refractivity contribution < 1.29 is 19.1 Å². The van der Waals surface area contributed by atoms with Crippen molar-refractivity contribution in [2.75, 3.05) is 32.2 Å². The Morgan fingerprint density at radius 1 is 1.55 bits per heavy atom. The molecule has 1 aromatic carbocycles. The minimum atomic E-state index is -0.534. The van der Waals surface area contributed by atoms with Gasteiger partial charge in [-0.05, 0) is 24.6 Å². The molecule has 1 unspecified atom stereocenters. The molecule has 1 aliphatic rings. The second kappa shape index (κ2) is 8.00. The van der Waals surface area contributed by atoms with E-state index in [0.29, 0.717) is 29.6 Å². The van der Waals surface area contributed by atoms with Crippen LogP contribution in [0, 0.1) is 5.92 Å². The van der Waals surface area contributed by atoms with Crippen molar-refractivity contribution in [3.05, 3.63) is 23.2 Å². The predicted molar refractivity (Wildman–Crippen MR) is 83.2 cm³/mol. The molecule has 7 heteroatoms. The summed E-state index contributed by atoms with van der Waals surface area (Å²) in [6.45, 7) is 1.27. The lowest BCUT2D eigenvalue weighted by Crippen LogP contribution is -2.33. The highest BCUT2D eigenvalue weighted by atomic mass is 35.5. The van der Waals surface area contributed by atoms with Gasteiger partial charge < -0.3 is 20.1 Å². The van der Waals surface area contributed by atoms with Crippen LogP contribution in [0.25, 0.3) is 0 Å². The van der Waals surface area contributed by atoms with Crippen LogP contribution in [0.1, 0.15) is 12.8 Å². The fraction of sp³-hybridized carbons (Fsp3) is 0.467. The summed E-state index contributed by atoms with van der Waals surface area (Å²) in [6.07, 6.45) is 0.820. The van der Waals surface area contributed by atoms with Crippen molar-refractivity contribution in [3.63, 3.8) is 0 Å². The van der Waals surface area contributed by atoms with E-state index in [1.807, 2.05) is 0 Å². The van der Waals surface area contributed by atoms with Gasteiger partial charge in [-0.3, -0.25) is 9.59 Å². The highest BCUT2D eigenvalue weighted by Crippen LogP contribution is 2.31. The van der Waals surface area contributed by atoms with Gasteiger partial charge in [-0.1, -0.05) is 11.6 Å². The van der Waals surface area contributed by atoms with Gasteiger partial charge in [-0.2, -0.15) is 0 Å². The van der Waals surface area contributed by atoms with Crippen molar-refractivity contribution in [1.29, 1.82) is 0 Å². The number of amides is 2. The zero-order valence-electron chi connectivity index (χ0n) is 12.4. The monoisotopic (exact) mass is 326 g/mol. The molecule has 1 aliphatic heterocycles. The Hall–Kier alpha value is -1.79. The SMILES string of the molecule is COCCCNC(=O)CC1COc2ccc(Cl)cc2NC1=O. The van der Waals surface area contributed by atoms with Gasteiger partial charge in [0.2, 0.25) is 11.8 Å². The van der Waals surface area contributed by atoms with E-state index in [2.05, 4.69) is 10.6 Å². The molecule has 2 rings (SSSR count). The summed E-state index contributed by atoms with van der Waals surface area (Å²) in [6, 6.07) is 5.02. The first kappa shape index (κ1) is 16.6. The van der Waals surface area contributed by atoms with Crippen molar-refractivity contribution in [2.24, 2.45) is 5.92 Å². The Kier molecular flexibility index (Phi) is 6.03. The molecule has 2 N–H and O–H groups in total. The van der Waals surface area contributed by atoms with Gasteiger partial charge in [0.1, 0.15) is 12.4 Å². The van der Waals surface area contributed by atoms with E-state index in [9.17, 15) is 9.59 Å². The van der Waals surface area contributed by atoms with Gasteiger partial charge in [-0.15, -0.1) is 0 Å². The fourth-order valence-corrected chi connectivity index (χ4v) is 2.29. The van der Waals surface area contributed by atoms with Crippen molar-refractivity contribution in [1.82, 2.24) is 5.32 Å². The molecule has 1 atom stereocenters.